The monoisotopic (exact) mass is 441 g/mol. The average molecular weight is 442 g/mol. The number of hydrogen-bond donors (Lipinski definition) is 4. The van der Waals surface area contributed by atoms with Crippen molar-refractivity contribution in [2.75, 3.05) is 10.9 Å². The van der Waals surface area contributed by atoms with Crippen LogP contribution in [0.1, 0.15) is 26.3 Å². The summed E-state index contributed by atoms with van der Waals surface area (Å²) in [6.45, 7) is 1.88. The molecule has 11 nitrogen and oxygen atoms in total. The number of nitro groups is 1. The van der Waals surface area contributed by atoms with Crippen molar-refractivity contribution in [2.45, 2.75) is 6.92 Å². The van der Waals surface area contributed by atoms with Crippen molar-refractivity contribution < 1.29 is 14.5 Å². The lowest BCUT2D eigenvalue weighted by Gasteiger charge is -2.11. The van der Waals surface area contributed by atoms with E-state index in [4.69, 9.17) is 11.6 Å². The van der Waals surface area contributed by atoms with Gasteiger partial charge in [0.15, 0.2) is 0 Å². The van der Waals surface area contributed by atoms with Gasteiger partial charge in [0.1, 0.15) is 6.33 Å². The molecule has 2 aromatic carbocycles. The van der Waals surface area contributed by atoms with E-state index < -0.39 is 22.4 Å². The third-order valence-corrected chi connectivity index (χ3v) is 4.27. The largest absolute Gasteiger partial charge is 0.356 e. The summed E-state index contributed by atoms with van der Waals surface area (Å²) in [5.41, 5.74) is 10.5. The zero-order valence-electron chi connectivity index (χ0n) is 16.0. The number of hydrogen-bond acceptors (Lipinski definition) is 8. The van der Waals surface area contributed by atoms with Gasteiger partial charge in [-0.1, -0.05) is 29.3 Å². The number of nitrogens with one attached hydrogen (secondary N) is 4. The minimum Gasteiger partial charge on any atom is -0.276 e. The zero-order valence-corrected chi connectivity index (χ0v) is 16.8. The second-order valence-corrected chi connectivity index (χ2v) is 6.64. The predicted octanol–water partition coefficient (Wildman–Crippen LogP) is 2.86. The van der Waals surface area contributed by atoms with Gasteiger partial charge in [0, 0.05) is 16.1 Å². The fraction of sp³-hybridized carbons (Fsp3) is 0.0526. The Bertz CT molecular complexity index is 1040. The first-order valence-electron chi connectivity index (χ1n) is 8.79. The second kappa shape index (κ2) is 9.50. The minimum atomic E-state index is -0.753. The van der Waals surface area contributed by atoms with Crippen molar-refractivity contribution >= 4 is 40.7 Å². The summed E-state index contributed by atoms with van der Waals surface area (Å²) in [6.07, 6.45) is 1.03. The maximum absolute atomic E-state index is 12.2. The Labute approximate surface area is 180 Å². The fourth-order valence-electron chi connectivity index (χ4n) is 2.42. The second-order valence-electron chi connectivity index (χ2n) is 6.21. The molecule has 0 saturated heterocycles. The summed E-state index contributed by atoms with van der Waals surface area (Å²) in [7, 11) is 0. The van der Waals surface area contributed by atoms with Crippen LogP contribution in [0.5, 0.6) is 0 Å². The molecule has 0 atom stereocenters. The number of nitrogens with zero attached hydrogens (tertiary/aromatic N) is 3. The molecule has 0 aliphatic carbocycles. The van der Waals surface area contributed by atoms with Crippen LogP contribution >= 0.6 is 11.6 Å². The van der Waals surface area contributed by atoms with Gasteiger partial charge in [-0.25, -0.2) is 9.97 Å². The first-order chi connectivity index (χ1) is 14.8. The van der Waals surface area contributed by atoms with Gasteiger partial charge >= 0.3 is 5.69 Å². The first-order valence-corrected chi connectivity index (χ1v) is 9.17. The summed E-state index contributed by atoms with van der Waals surface area (Å²) in [5.74, 6) is -1.64. The number of benzene rings is 2. The quantitative estimate of drug-likeness (QED) is 0.322. The molecule has 0 spiro atoms. The van der Waals surface area contributed by atoms with E-state index in [1.807, 2.05) is 6.92 Å². The molecule has 4 N–H and O–H groups in total. The molecule has 0 saturated carbocycles. The molecule has 0 radical (unpaired) electrons. The van der Waals surface area contributed by atoms with Gasteiger partial charge < -0.3 is 0 Å². The topological polar surface area (TPSA) is 151 Å². The van der Waals surface area contributed by atoms with E-state index in [-0.39, 0.29) is 17.2 Å². The molecule has 3 aromatic rings. The van der Waals surface area contributed by atoms with Crippen molar-refractivity contribution in [3.05, 3.63) is 86.7 Å². The van der Waals surface area contributed by atoms with Crippen molar-refractivity contribution in [2.24, 2.45) is 0 Å². The molecule has 1 aromatic heterocycles. The van der Waals surface area contributed by atoms with E-state index in [9.17, 15) is 19.7 Å². The molecule has 0 fully saturated rings. The highest BCUT2D eigenvalue weighted by Gasteiger charge is 2.24. The summed E-state index contributed by atoms with van der Waals surface area (Å²) >= 11 is 5.78. The summed E-state index contributed by atoms with van der Waals surface area (Å²) < 4.78 is 0. The molecule has 0 aliphatic heterocycles. The van der Waals surface area contributed by atoms with Gasteiger partial charge in [-0.15, -0.1) is 0 Å². The van der Waals surface area contributed by atoms with E-state index in [2.05, 4.69) is 31.7 Å². The SMILES string of the molecule is Cc1ccc(C(=O)NNc2ncnc(NNC(=O)c3ccc(Cl)cc3)c2[N+](=O)[O-])cc1. The van der Waals surface area contributed by atoms with Crippen molar-refractivity contribution in [1.29, 1.82) is 0 Å². The fourth-order valence-corrected chi connectivity index (χ4v) is 2.54. The number of anilines is 2. The Morgan fingerprint density at radius 3 is 1.77 bits per heavy atom. The molecule has 0 aliphatic rings. The third-order valence-electron chi connectivity index (χ3n) is 4.01. The third kappa shape index (κ3) is 5.42. The smallest absolute Gasteiger partial charge is 0.276 e. The van der Waals surface area contributed by atoms with Crippen molar-refractivity contribution in [1.82, 2.24) is 20.8 Å². The molecule has 3 rings (SSSR count). The van der Waals surface area contributed by atoms with E-state index in [1.165, 1.54) is 24.3 Å². The standard InChI is InChI=1S/C19H16ClN7O4/c1-11-2-4-12(5-3-11)18(28)25-23-16-15(27(30)31)17(22-10-21-16)24-26-19(29)13-6-8-14(20)9-7-13/h2-10H,1H3,(H,25,28)(H,26,29)(H2,21,22,23,24). The molecule has 12 heteroatoms. The van der Waals surface area contributed by atoms with Crippen molar-refractivity contribution in [3.8, 4) is 0 Å². The number of carbonyl (C=O) groups is 2. The Morgan fingerprint density at radius 1 is 0.871 bits per heavy atom. The molecule has 1 heterocycles. The van der Waals surface area contributed by atoms with Crippen LogP contribution in [-0.2, 0) is 0 Å². The predicted molar refractivity (Wildman–Crippen MR) is 113 cm³/mol. The van der Waals surface area contributed by atoms with E-state index in [0.717, 1.165) is 11.9 Å². The maximum atomic E-state index is 12.2. The van der Waals surface area contributed by atoms with E-state index >= 15 is 0 Å². The number of amides is 2. The van der Waals surface area contributed by atoms with Crippen LogP contribution in [0.3, 0.4) is 0 Å². The van der Waals surface area contributed by atoms with Crippen LogP contribution in [0.4, 0.5) is 17.3 Å². The van der Waals surface area contributed by atoms with Gasteiger partial charge in [-0.2, -0.15) is 0 Å². The van der Waals surface area contributed by atoms with Gasteiger partial charge in [0.25, 0.3) is 11.8 Å². The van der Waals surface area contributed by atoms with E-state index in [1.54, 1.807) is 24.3 Å². The molecule has 0 unspecified atom stereocenters. The van der Waals surface area contributed by atoms with Crippen LogP contribution in [0.15, 0.2) is 54.9 Å². The highest BCUT2D eigenvalue weighted by molar-refractivity contribution is 6.30. The molecular weight excluding hydrogens is 426 g/mol. The zero-order chi connectivity index (χ0) is 22.4. The highest BCUT2D eigenvalue weighted by Crippen LogP contribution is 2.27. The Hall–Kier alpha value is -4.25. The van der Waals surface area contributed by atoms with Gasteiger partial charge in [-0.3, -0.25) is 41.4 Å². The molecule has 158 valence electrons. The normalized spacial score (nSPS) is 10.1. The van der Waals surface area contributed by atoms with Gasteiger partial charge in [0.05, 0.1) is 4.92 Å². The molecule has 2 amide bonds. The summed E-state index contributed by atoms with van der Waals surface area (Å²) in [6, 6.07) is 12.8. The maximum Gasteiger partial charge on any atom is 0.356 e. The Kier molecular flexibility index (Phi) is 6.58. The highest BCUT2D eigenvalue weighted by atomic mass is 35.5. The minimum absolute atomic E-state index is 0.274. The van der Waals surface area contributed by atoms with Gasteiger partial charge in [0.2, 0.25) is 11.6 Å². The summed E-state index contributed by atoms with van der Waals surface area (Å²) in [4.78, 5) is 42.8. The number of rotatable bonds is 7. The molecule has 31 heavy (non-hydrogen) atoms. The number of aryl methyl sites for hydroxylation is 1. The average Bonchev–Trinajstić information content (AvgIpc) is 2.76. The summed E-state index contributed by atoms with van der Waals surface area (Å²) in [5, 5.41) is 12.0. The van der Waals surface area contributed by atoms with E-state index in [0.29, 0.717) is 10.6 Å². The number of hydrazine groups is 2. The van der Waals surface area contributed by atoms with Crippen LogP contribution < -0.4 is 21.7 Å². The van der Waals surface area contributed by atoms with Crippen LogP contribution in [0.25, 0.3) is 0 Å². The van der Waals surface area contributed by atoms with Crippen LogP contribution in [0, 0.1) is 17.0 Å². The van der Waals surface area contributed by atoms with Crippen LogP contribution in [0.2, 0.25) is 5.02 Å². The van der Waals surface area contributed by atoms with Crippen LogP contribution in [-0.4, -0.2) is 26.7 Å². The lowest BCUT2D eigenvalue weighted by molar-refractivity contribution is -0.383. The lowest BCUT2D eigenvalue weighted by atomic mass is 10.1. The number of halogens is 1. The molecule has 0 bridgehead atoms. The first kappa shape index (κ1) is 21.5. The Balaban J connectivity index is 1.72. The Morgan fingerprint density at radius 2 is 1.32 bits per heavy atom. The van der Waals surface area contributed by atoms with Gasteiger partial charge in [-0.05, 0) is 43.3 Å². The number of carbonyl (C=O) groups excluding carboxylic acids is 2. The van der Waals surface area contributed by atoms with Crippen molar-refractivity contribution in [3.63, 3.8) is 0 Å². The number of aromatic nitrogens is 2. The molecular formula is C19H16ClN7O4. The lowest BCUT2D eigenvalue weighted by Crippen LogP contribution is -2.32.